The van der Waals surface area contributed by atoms with Gasteiger partial charge < -0.3 is 5.32 Å². The first-order valence-electron chi connectivity index (χ1n) is 6.62. The van der Waals surface area contributed by atoms with E-state index in [9.17, 15) is 0 Å². The Morgan fingerprint density at radius 2 is 2.53 bits per heavy atom. The fourth-order valence-corrected chi connectivity index (χ4v) is 3.96. The lowest BCUT2D eigenvalue weighted by Gasteiger charge is -2.23. The lowest BCUT2D eigenvalue weighted by atomic mass is 10.0. The summed E-state index contributed by atoms with van der Waals surface area (Å²) in [6.45, 7) is 3.28. The zero-order chi connectivity index (χ0) is 12.1. The Labute approximate surface area is 108 Å². The van der Waals surface area contributed by atoms with Gasteiger partial charge in [0.15, 0.2) is 0 Å². The summed E-state index contributed by atoms with van der Waals surface area (Å²) in [7, 11) is 1.98. The smallest absolute Gasteiger partial charge is 0.0521 e. The van der Waals surface area contributed by atoms with Gasteiger partial charge in [0.2, 0.25) is 0 Å². The highest BCUT2D eigenvalue weighted by Crippen LogP contribution is 2.30. The second-order valence-corrected chi connectivity index (χ2v) is 6.12. The van der Waals surface area contributed by atoms with Gasteiger partial charge in [-0.25, -0.2) is 0 Å². The van der Waals surface area contributed by atoms with Crippen molar-refractivity contribution in [3.8, 4) is 0 Å². The first-order chi connectivity index (χ1) is 8.29. The molecular weight excluding hydrogens is 230 g/mol. The molecule has 2 rings (SSSR count). The summed E-state index contributed by atoms with van der Waals surface area (Å²) in [6.07, 6.45) is 9.27. The van der Waals surface area contributed by atoms with Gasteiger partial charge in [0.1, 0.15) is 0 Å². The molecule has 0 amide bonds. The monoisotopic (exact) mass is 253 g/mol. The Morgan fingerprint density at radius 3 is 3.12 bits per heavy atom. The van der Waals surface area contributed by atoms with Crippen LogP contribution in [0.2, 0.25) is 0 Å². The zero-order valence-electron chi connectivity index (χ0n) is 10.9. The van der Waals surface area contributed by atoms with Crippen LogP contribution in [0.5, 0.6) is 0 Å². The summed E-state index contributed by atoms with van der Waals surface area (Å²) in [5.41, 5.74) is 1.36. The summed E-state index contributed by atoms with van der Waals surface area (Å²) in [4.78, 5) is 0. The molecule has 96 valence electrons. The SMILES string of the molecule is CCNC(CCc1cnn(C)c1)C1CCCS1. The fraction of sp³-hybridized carbons (Fsp3) is 0.769. The number of aromatic nitrogens is 2. The second-order valence-electron chi connectivity index (χ2n) is 4.78. The maximum atomic E-state index is 4.23. The molecule has 3 nitrogen and oxygen atoms in total. The van der Waals surface area contributed by atoms with Gasteiger partial charge in [-0.1, -0.05) is 6.92 Å². The van der Waals surface area contributed by atoms with Crippen LogP contribution >= 0.6 is 11.8 Å². The molecule has 17 heavy (non-hydrogen) atoms. The van der Waals surface area contributed by atoms with E-state index in [0.29, 0.717) is 6.04 Å². The highest BCUT2D eigenvalue weighted by molar-refractivity contribution is 8.00. The molecule has 1 N–H and O–H groups in total. The van der Waals surface area contributed by atoms with Crippen molar-refractivity contribution in [2.45, 2.75) is 43.9 Å². The van der Waals surface area contributed by atoms with Crippen molar-refractivity contribution in [2.24, 2.45) is 7.05 Å². The summed E-state index contributed by atoms with van der Waals surface area (Å²) in [5, 5.41) is 8.71. The van der Waals surface area contributed by atoms with Crippen molar-refractivity contribution in [3.05, 3.63) is 18.0 Å². The molecule has 0 aliphatic carbocycles. The highest BCUT2D eigenvalue weighted by atomic mass is 32.2. The van der Waals surface area contributed by atoms with Crippen molar-refractivity contribution in [3.63, 3.8) is 0 Å². The Kier molecular flexibility index (Phi) is 4.92. The van der Waals surface area contributed by atoms with E-state index >= 15 is 0 Å². The van der Waals surface area contributed by atoms with E-state index in [1.165, 1.54) is 30.6 Å². The first kappa shape index (κ1) is 13.0. The molecule has 4 heteroatoms. The summed E-state index contributed by atoms with van der Waals surface area (Å²) < 4.78 is 1.89. The third kappa shape index (κ3) is 3.75. The molecule has 1 aliphatic heterocycles. The Morgan fingerprint density at radius 1 is 1.65 bits per heavy atom. The van der Waals surface area contributed by atoms with Crippen LogP contribution in [-0.4, -0.2) is 33.4 Å². The van der Waals surface area contributed by atoms with Gasteiger partial charge in [-0.15, -0.1) is 0 Å². The van der Waals surface area contributed by atoms with Gasteiger partial charge in [0, 0.05) is 24.5 Å². The van der Waals surface area contributed by atoms with Crippen molar-refractivity contribution >= 4 is 11.8 Å². The van der Waals surface area contributed by atoms with Gasteiger partial charge in [-0.2, -0.15) is 16.9 Å². The van der Waals surface area contributed by atoms with E-state index in [2.05, 4.69) is 35.3 Å². The second kappa shape index (κ2) is 6.45. The van der Waals surface area contributed by atoms with Crippen molar-refractivity contribution in [1.82, 2.24) is 15.1 Å². The molecular formula is C13H23N3S. The topological polar surface area (TPSA) is 29.9 Å². The third-order valence-electron chi connectivity index (χ3n) is 3.38. The maximum Gasteiger partial charge on any atom is 0.0521 e. The number of hydrogen-bond donors (Lipinski definition) is 1. The molecule has 1 fully saturated rings. The molecule has 1 saturated heterocycles. The van der Waals surface area contributed by atoms with E-state index in [0.717, 1.165) is 18.2 Å². The number of hydrogen-bond acceptors (Lipinski definition) is 3. The molecule has 1 aliphatic rings. The standard InChI is InChI=1S/C13H23N3S/c1-3-14-12(13-5-4-8-17-13)7-6-11-9-15-16(2)10-11/h9-10,12-14H,3-8H2,1-2H3. The van der Waals surface area contributed by atoms with Crippen LogP contribution < -0.4 is 5.32 Å². The van der Waals surface area contributed by atoms with Crippen LogP contribution in [0.3, 0.4) is 0 Å². The normalized spacial score (nSPS) is 21.9. The number of nitrogens with one attached hydrogen (secondary N) is 1. The quantitative estimate of drug-likeness (QED) is 0.843. The first-order valence-corrected chi connectivity index (χ1v) is 7.67. The van der Waals surface area contributed by atoms with E-state index in [4.69, 9.17) is 0 Å². The molecule has 2 heterocycles. The Balaban J connectivity index is 1.84. The van der Waals surface area contributed by atoms with Crippen LogP contribution in [-0.2, 0) is 13.5 Å². The van der Waals surface area contributed by atoms with Gasteiger partial charge in [0.25, 0.3) is 0 Å². The van der Waals surface area contributed by atoms with Crippen LogP contribution in [0.15, 0.2) is 12.4 Å². The number of thioether (sulfide) groups is 1. The third-order valence-corrected chi connectivity index (χ3v) is 4.90. The van der Waals surface area contributed by atoms with Crippen molar-refractivity contribution in [2.75, 3.05) is 12.3 Å². The van der Waals surface area contributed by atoms with E-state index in [-0.39, 0.29) is 0 Å². The van der Waals surface area contributed by atoms with E-state index in [1.807, 2.05) is 17.9 Å². The highest BCUT2D eigenvalue weighted by Gasteiger charge is 2.24. The predicted molar refractivity (Wildman–Crippen MR) is 74.5 cm³/mol. The number of rotatable bonds is 6. The average molecular weight is 253 g/mol. The summed E-state index contributed by atoms with van der Waals surface area (Å²) in [5.74, 6) is 1.35. The number of nitrogens with zero attached hydrogens (tertiary/aromatic N) is 2. The van der Waals surface area contributed by atoms with Crippen LogP contribution in [0.1, 0.15) is 31.7 Å². The largest absolute Gasteiger partial charge is 0.313 e. The van der Waals surface area contributed by atoms with Crippen LogP contribution in [0.25, 0.3) is 0 Å². The molecule has 1 aromatic heterocycles. The molecule has 0 aromatic carbocycles. The van der Waals surface area contributed by atoms with Crippen molar-refractivity contribution in [1.29, 1.82) is 0 Å². The Hall–Kier alpha value is -0.480. The zero-order valence-corrected chi connectivity index (χ0v) is 11.7. The molecule has 2 unspecified atom stereocenters. The molecule has 0 radical (unpaired) electrons. The molecule has 1 aromatic rings. The lowest BCUT2D eigenvalue weighted by molar-refractivity contribution is 0.469. The molecule has 0 bridgehead atoms. The van der Waals surface area contributed by atoms with E-state index < -0.39 is 0 Å². The number of aryl methyl sites for hydroxylation is 2. The van der Waals surface area contributed by atoms with Gasteiger partial charge in [-0.3, -0.25) is 4.68 Å². The predicted octanol–water partition coefficient (Wildman–Crippen LogP) is 2.23. The summed E-state index contributed by atoms with van der Waals surface area (Å²) >= 11 is 2.15. The van der Waals surface area contributed by atoms with Gasteiger partial charge >= 0.3 is 0 Å². The molecule has 0 saturated carbocycles. The minimum Gasteiger partial charge on any atom is -0.313 e. The van der Waals surface area contributed by atoms with Gasteiger partial charge in [0.05, 0.1) is 6.20 Å². The minimum absolute atomic E-state index is 0.674. The minimum atomic E-state index is 0.674. The van der Waals surface area contributed by atoms with Crippen LogP contribution in [0, 0.1) is 0 Å². The lowest BCUT2D eigenvalue weighted by Crippen LogP contribution is -2.37. The van der Waals surface area contributed by atoms with Crippen LogP contribution in [0.4, 0.5) is 0 Å². The van der Waals surface area contributed by atoms with Gasteiger partial charge in [-0.05, 0) is 43.5 Å². The fourth-order valence-electron chi connectivity index (χ4n) is 2.52. The van der Waals surface area contributed by atoms with Crippen molar-refractivity contribution < 1.29 is 0 Å². The summed E-state index contributed by atoms with van der Waals surface area (Å²) in [6, 6.07) is 0.674. The Bertz CT molecular complexity index is 331. The molecule has 2 atom stereocenters. The van der Waals surface area contributed by atoms with E-state index in [1.54, 1.807) is 0 Å². The average Bonchev–Trinajstić information content (AvgIpc) is 2.95. The maximum absolute atomic E-state index is 4.23. The molecule has 0 spiro atoms.